The van der Waals surface area contributed by atoms with E-state index in [0.29, 0.717) is 31.2 Å². The van der Waals surface area contributed by atoms with Crippen molar-refractivity contribution in [3.8, 4) is 0 Å². The maximum absolute atomic E-state index is 12.2. The van der Waals surface area contributed by atoms with Gasteiger partial charge in [-0.05, 0) is 18.8 Å². The fourth-order valence-corrected chi connectivity index (χ4v) is 2.99. The van der Waals surface area contributed by atoms with Crippen molar-refractivity contribution in [2.24, 2.45) is 5.92 Å². The predicted octanol–water partition coefficient (Wildman–Crippen LogP) is 2.48. The number of hydrogen-bond acceptors (Lipinski definition) is 4. The van der Waals surface area contributed by atoms with Crippen LogP contribution in [-0.4, -0.2) is 22.5 Å². The molecule has 20 heavy (non-hydrogen) atoms. The summed E-state index contributed by atoms with van der Waals surface area (Å²) in [5, 5.41) is 10.3. The molecular formula is C16H14O4. The second-order valence-electron chi connectivity index (χ2n) is 5.28. The van der Waals surface area contributed by atoms with Crippen molar-refractivity contribution in [3.63, 3.8) is 0 Å². The van der Waals surface area contributed by atoms with Crippen LogP contribution in [0.3, 0.4) is 0 Å². The first-order valence-corrected chi connectivity index (χ1v) is 6.73. The third-order valence-electron chi connectivity index (χ3n) is 4.08. The van der Waals surface area contributed by atoms with E-state index in [2.05, 4.69) is 0 Å². The van der Waals surface area contributed by atoms with Gasteiger partial charge in [0.15, 0.2) is 0 Å². The van der Waals surface area contributed by atoms with Crippen LogP contribution >= 0.6 is 0 Å². The number of benzene rings is 1. The van der Waals surface area contributed by atoms with Gasteiger partial charge in [0.1, 0.15) is 11.5 Å². The fraction of sp³-hybridized carbons (Fsp3) is 0.312. The Balaban J connectivity index is 2.07. The zero-order valence-corrected chi connectivity index (χ0v) is 10.9. The molecule has 2 aliphatic carbocycles. The number of rotatable bonds is 1. The Morgan fingerprint density at radius 3 is 2.15 bits per heavy atom. The molecule has 0 aliphatic heterocycles. The number of aliphatic hydroxyl groups excluding tert-OH is 1. The van der Waals surface area contributed by atoms with Crippen molar-refractivity contribution >= 4 is 23.1 Å². The second kappa shape index (κ2) is 4.71. The molecule has 0 aromatic heterocycles. The molecule has 0 amide bonds. The maximum atomic E-state index is 12.2. The molecule has 102 valence electrons. The second-order valence-corrected chi connectivity index (χ2v) is 5.28. The third-order valence-corrected chi connectivity index (χ3v) is 4.08. The molecule has 0 atom stereocenters. The van der Waals surface area contributed by atoms with Crippen LogP contribution < -0.4 is 0 Å². The lowest BCUT2D eigenvalue weighted by atomic mass is 9.76. The molecule has 1 fully saturated rings. The Kier molecular flexibility index (Phi) is 3.01. The Labute approximate surface area is 116 Å². The van der Waals surface area contributed by atoms with Crippen LogP contribution in [-0.2, 0) is 9.59 Å². The normalized spacial score (nSPS) is 20.3. The first kappa shape index (κ1) is 12.8. The topological polar surface area (TPSA) is 71.4 Å². The number of hydrogen-bond donors (Lipinski definition) is 1. The summed E-state index contributed by atoms with van der Waals surface area (Å²) in [6.07, 6.45) is 1.87. The standard InChI is InChI=1S/C16H14O4/c17-10-7-5-9(6-8-10)13-14(18)11-3-1-2-4-12(11)15(19)16(13)20/h1-4,9,18H,5-8H2. The number of ketones is 3. The van der Waals surface area contributed by atoms with Crippen LogP contribution in [0.25, 0.3) is 5.76 Å². The number of Topliss-reactive ketones (excluding diaryl/α,β-unsaturated/α-hetero) is 3. The van der Waals surface area contributed by atoms with Crippen LogP contribution in [0.4, 0.5) is 0 Å². The summed E-state index contributed by atoms with van der Waals surface area (Å²) in [6.45, 7) is 0. The largest absolute Gasteiger partial charge is 0.507 e. The van der Waals surface area contributed by atoms with Crippen molar-refractivity contribution in [1.29, 1.82) is 0 Å². The molecule has 4 nitrogen and oxygen atoms in total. The zero-order chi connectivity index (χ0) is 14.3. The predicted molar refractivity (Wildman–Crippen MR) is 72.3 cm³/mol. The molecule has 0 unspecified atom stereocenters. The zero-order valence-electron chi connectivity index (χ0n) is 10.9. The van der Waals surface area contributed by atoms with Gasteiger partial charge in [-0.3, -0.25) is 14.4 Å². The molecule has 2 aliphatic rings. The smallest absolute Gasteiger partial charge is 0.234 e. The summed E-state index contributed by atoms with van der Waals surface area (Å²) in [5.74, 6) is -1.30. The van der Waals surface area contributed by atoms with Crippen LogP contribution in [0.15, 0.2) is 29.8 Å². The molecule has 1 aromatic carbocycles. The number of carbonyl (C=O) groups is 3. The van der Waals surface area contributed by atoms with Gasteiger partial charge < -0.3 is 5.11 Å². The molecule has 1 aromatic rings. The van der Waals surface area contributed by atoms with E-state index in [1.54, 1.807) is 24.3 Å². The van der Waals surface area contributed by atoms with Crippen LogP contribution in [0, 0.1) is 5.92 Å². The van der Waals surface area contributed by atoms with E-state index >= 15 is 0 Å². The quantitative estimate of drug-likeness (QED) is 0.796. The molecule has 0 saturated heterocycles. The lowest BCUT2D eigenvalue weighted by Crippen LogP contribution is -2.30. The number of allylic oxidation sites excluding steroid dienone is 1. The summed E-state index contributed by atoms with van der Waals surface area (Å²) in [7, 11) is 0. The van der Waals surface area contributed by atoms with Gasteiger partial charge in [-0.15, -0.1) is 0 Å². The fourth-order valence-electron chi connectivity index (χ4n) is 2.99. The first-order valence-electron chi connectivity index (χ1n) is 6.73. The highest BCUT2D eigenvalue weighted by molar-refractivity contribution is 6.52. The van der Waals surface area contributed by atoms with Gasteiger partial charge in [0.2, 0.25) is 11.6 Å². The lowest BCUT2D eigenvalue weighted by Gasteiger charge is -2.26. The van der Waals surface area contributed by atoms with Crippen molar-refractivity contribution in [2.45, 2.75) is 25.7 Å². The molecular weight excluding hydrogens is 256 g/mol. The monoisotopic (exact) mass is 270 g/mol. The minimum absolute atomic E-state index is 0.0930. The summed E-state index contributed by atoms with van der Waals surface area (Å²) in [5.41, 5.74) is 0.871. The summed E-state index contributed by atoms with van der Waals surface area (Å²) < 4.78 is 0. The SMILES string of the molecule is O=C1CCC(C2=C(O)c3ccccc3C(=O)C2=O)CC1. The first-order chi connectivity index (χ1) is 9.59. The molecule has 4 heteroatoms. The van der Waals surface area contributed by atoms with E-state index in [0.717, 1.165) is 0 Å². The minimum Gasteiger partial charge on any atom is -0.507 e. The molecule has 0 radical (unpaired) electrons. The van der Waals surface area contributed by atoms with Crippen molar-refractivity contribution in [3.05, 3.63) is 41.0 Å². The molecule has 1 N–H and O–H groups in total. The van der Waals surface area contributed by atoms with Crippen molar-refractivity contribution < 1.29 is 19.5 Å². The van der Waals surface area contributed by atoms with Gasteiger partial charge in [-0.25, -0.2) is 0 Å². The van der Waals surface area contributed by atoms with Crippen LogP contribution in [0.5, 0.6) is 0 Å². The highest BCUT2D eigenvalue weighted by atomic mass is 16.3. The molecule has 0 bridgehead atoms. The van der Waals surface area contributed by atoms with Gasteiger partial charge >= 0.3 is 0 Å². The average molecular weight is 270 g/mol. The van der Waals surface area contributed by atoms with Crippen LogP contribution in [0.2, 0.25) is 0 Å². The van der Waals surface area contributed by atoms with Gasteiger partial charge in [0, 0.05) is 29.5 Å². The van der Waals surface area contributed by atoms with Gasteiger partial charge in [0.05, 0.1) is 0 Å². The highest BCUT2D eigenvalue weighted by Crippen LogP contribution is 2.37. The lowest BCUT2D eigenvalue weighted by molar-refractivity contribution is -0.121. The summed E-state index contributed by atoms with van der Waals surface area (Å²) in [6, 6.07) is 6.58. The Morgan fingerprint density at radius 1 is 0.900 bits per heavy atom. The summed E-state index contributed by atoms with van der Waals surface area (Å²) >= 11 is 0. The maximum Gasteiger partial charge on any atom is 0.234 e. The minimum atomic E-state index is -0.624. The van der Waals surface area contributed by atoms with E-state index < -0.39 is 11.6 Å². The molecule has 0 spiro atoms. The Bertz CT molecular complexity index is 644. The number of aliphatic hydroxyl groups is 1. The highest BCUT2D eigenvalue weighted by Gasteiger charge is 2.37. The number of carbonyl (C=O) groups excluding carboxylic acids is 3. The summed E-state index contributed by atoms with van der Waals surface area (Å²) in [4.78, 5) is 35.6. The van der Waals surface area contributed by atoms with Crippen LogP contribution in [0.1, 0.15) is 41.6 Å². The van der Waals surface area contributed by atoms with Crippen molar-refractivity contribution in [1.82, 2.24) is 0 Å². The Morgan fingerprint density at radius 2 is 1.50 bits per heavy atom. The van der Waals surface area contributed by atoms with Gasteiger partial charge in [-0.2, -0.15) is 0 Å². The van der Waals surface area contributed by atoms with Crippen molar-refractivity contribution in [2.75, 3.05) is 0 Å². The van der Waals surface area contributed by atoms with Gasteiger partial charge in [-0.1, -0.05) is 24.3 Å². The van der Waals surface area contributed by atoms with E-state index in [4.69, 9.17) is 0 Å². The van der Waals surface area contributed by atoms with E-state index in [1.807, 2.05) is 0 Å². The Hall–Kier alpha value is -2.23. The third kappa shape index (κ3) is 1.88. The van der Waals surface area contributed by atoms with E-state index in [1.165, 1.54) is 0 Å². The van der Waals surface area contributed by atoms with E-state index in [-0.39, 0.29) is 28.6 Å². The molecule has 0 heterocycles. The number of fused-ring (bicyclic) bond motifs is 1. The van der Waals surface area contributed by atoms with E-state index in [9.17, 15) is 19.5 Å². The molecule has 1 saturated carbocycles. The van der Waals surface area contributed by atoms with Gasteiger partial charge in [0.25, 0.3) is 0 Å². The molecule has 3 rings (SSSR count). The average Bonchev–Trinajstić information content (AvgIpc) is 2.47.